The molecule has 1 fully saturated rings. The Morgan fingerprint density at radius 2 is 1.43 bits per heavy atom. The summed E-state index contributed by atoms with van der Waals surface area (Å²) >= 11 is 0. The zero-order valence-electron chi connectivity index (χ0n) is 16.0. The fourth-order valence-corrected chi connectivity index (χ4v) is 3.33. The molecule has 1 aliphatic rings. The van der Waals surface area contributed by atoms with Crippen LogP contribution >= 0.6 is 0 Å². The molecule has 148 valence electrons. The summed E-state index contributed by atoms with van der Waals surface area (Å²) in [4.78, 5) is 24.9. The van der Waals surface area contributed by atoms with Crippen LogP contribution in [0.2, 0.25) is 0 Å². The third-order valence-electron chi connectivity index (χ3n) is 4.90. The lowest BCUT2D eigenvalue weighted by Crippen LogP contribution is -2.47. The molecule has 1 heterocycles. The molecule has 0 spiro atoms. The van der Waals surface area contributed by atoms with Crippen molar-refractivity contribution in [1.82, 2.24) is 5.32 Å². The van der Waals surface area contributed by atoms with Crippen LogP contribution in [0.25, 0.3) is 0 Å². The molecule has 3 rings (SSSR count). The molecule has 1 aliphatic heterocycles. The van der Waals surface area contributed by atoms with Crippen LogP contribution in [-0.4, -0.2) is 38.7 Å². The molecule has 0 unspecified atom stereocenters. The minimum atomic E-state index is -0.507. The number of carbonyl (C=O) groups excluding carboxylic acids is 2. The second-order valence-corrected chi connectivity index (χ2v) is 6.94. The Hall–Kier alpha value is -2.90. The molecule has 0 bridgehead atoms. The van der Waals surface area contributed by atoms with E-state index in [0.29, 0.717) is 23.7 Å². The second kappa shape index (κ2) is 9.34. The molecule has 28 heavy (non-hydrogen) atoms. The van der Waals surface area contributed by atoms with Crippen molar-refractivity contribution in [2.75, 3.05) is 42.8 Å². The van der Waals surface area contributed by atoms with Crippen molar-refractivity contribution in [3.8, 4) is 0 Å². The van der Waals surface area contributed by atoms with Gasteiger partial charge in [-0.1, -0.05) is 18.2 Å². The fourth-order valence-electron chi connectivity index (χ4n) is 3.33. The molecule has 0 saturated carbocycles. The molecule has 2 aromatic carbocycles. The first-order chi connectivity index (χ1) is 13.6. The molecule has 0 atom stereocenters. The minimum absolute atomic E-state index is 0.0293. The topological polar surface area (TPSA) is 91.5 Å². The van der Waals surface area contributed by atoms with E-state index in [1.165, 1.54) is 0 Å². The summed E-state index contributed by atoms with van der Waals surface area (Å²) in [7, 11) is 1.62. The highest BCUT2D eigenvalue weighted by Gasteiger charge is 2.39. The number of anilines is 3. The van der Waals surface area contributed by atoms with E-state index in [1.807, 2.05) is 30.3 Å². The quantitative estimate of drug-likeness (QED) is 0.617. The highest BCUT2D eigenvalue weighted by Crippen LogP contribution is 2.31. The van der Waals surface area contributed by atoms with Gasteiger partial charge in [0, 0.05) is 24.2 Å². The van der Waals surface area contributed by atoms with E-state index in [0.717, 1.165) is 25.9 Å². The zero-order valence-corrected chi connectivity index (χ0v) is 16.0. The number of methoxy groups -OCH3 is 1. The van der Waals surface area contributed by atoms with E-state index in [1.54, 1.807) is 31.4 Å². The van der Waals surface area contributed by atoms with Gasteiger partial charge in [-0.3, -0.25) is 4.79 Å². The molecule has 3 amide bonds. The van der Waals surface area contributed by atoms with Crippen molar-refractivity contribution in [3.05, 3.63) is 54.6 Å². The van der Waals surface area contributed by atoms with E-state index in [-0.39, 0.29) is 11.9 Å². The van der Waals surface area contributed by atoms with Gasteiger partial charge in [-0.25, -0.2) is 4.79 Å². The van der Waals surface area contributed by atoms with Crippen LogP contribution in [0.1, 0.15) is 12.8 Å². The van der Waals surface area contributed by atoms with Crippen LogP contribution in [0, 0.1) is 5.41 Å². The predicted molar refractivity (Wildman–Crippen MR) is 111 cm³/mol. The first-order valence-corrected chi connectivity index (χ1v) is 9.35. The lowest BCUT2D eigenvalue weighted by Gasteiger charge is -2.35. The molecule has 7 heteroatoms. The molecule has 1 saturated heterocycles. The van der Waals surface area contributed by atoms with Gasteiger partial charge in [0.05, 0.1) is 12.0 Å². The van der Waals surface area contributed by atoms with Crippen molar-refractivity contribution in [2.24, 2.45) is 5.41 Å². The van der Waals surface area contributed by atoms with Crippen LogP contribution in [-0.2, 0) is 9.53 Å². The standard InChI is InChI=1S/C21H26N4O3/c1-28-15-21(11-13-22-14-12-21)19(26)23-17-7-9-18(10-8-17)25-20(27)24-16-5-3-2-4-6-16/h2-10,22H,11-15H2,1H3,(H,23,26)(H2,24,25,27). The number of ether oxygens (including phenoxy) is 1. The number of urea groups is 1. The SMILES string of the molecule is COCC1(C(=O)Nc2ccc(NC(=O)Nc3ccccc3)cc2)CCNCC1. The van der Waals surface area contributed by atoms with E-state index >= 15 is 0 Å². The molecule has 0 radical (unpaired) electrons. The Kier molecular flexibility index (Phi) is 6.62. The van der Waals surface area contributed by atoms with Gasteiger partial charge in [0.1, 0.15) is 0 Å². The minimum Gasteiger partial charge on any atom is -0.384 e. The fraction of sp³-hybridized carbons (Fsp3) is 0.333. The molecular formula is C21H26N4O3. The number of piperidine rings is 1. The molecular weight excluding hydrogens is 356 g/mol. The Balaban J connectivity index is 1.57. The molecule has 4 N–H and O–H groups in total. The highest BCUT2D eigenvalue weighted by molar-refractivity contribution is 6.00. The maximum absolute atomic E-state index is 12.8. The third-order valence-corrected chi connectivity index (χ3v) is 4.90. The van der Waals surface area contributed by atoms with Gasteiger partial charge in [-0.05, 0) is 62.3 Å². The summed E-state index contributed by atoms with van der Waals surface area (Å²) in [5.74, 6) is -0.0293. The number of nitrogens with one attached hydrogen (secondary N) is 4. The Morgan fingerprint density at radius 1 is 0.893 bits per heavy atom. The second-order valence-electron chi connectivity index (χ2n) is 6.94. The van der Waals surface area contributed by atoms with Crippen LogP contribution in [0.5, 0.6) is 0 Å². The van der Waals surface area contributed by atoms with Crippen molar-refractivity contribution < 1.29 is 14.3 Å². The zero-order chi connectivity index (χ0) is 19.8. The smallest absolute Gasteiger partial charge is 0.323 e. The lowest BCUT2D eigenvalue weighted by atomic mass is 9.78. The number of benzene rings is 2. The van der Waals surface area contributed by atoms with Crippen LogP contribution in [0.4, 0.5) is 21.9 Å². The van der Waals surface area contributed by atoms with Crippen LogP contribution in [0.3, 0.4) is 0 Å². The van der Waals surface area contributed by atoms with Gasteiger partial charge in [0.25, 0.3) is 0 Å². The monoisotopic (exact) mass is 382 g/mol. The van der Waals surface area contributed by atoms with Gasteiger partial charge in [-0.2, -0.15) is 0 Å². The van der Waals surface area contributed by atoms with Gasteiger partial charge >= 0.3 is 6.03 Å². The molecule has 7 nitrogen and oxygen atoms in total. The van der Waals surface area contributed by atoms with E-state index in [9.17, 15) is 9.59 Å². The highest BCUT2D eigenvalue weighted by atomic mass is 16.5. The first kappa shape index (κ1) is 19.9. The number of para-hydroxylation sites is 1. The molecule has 2 aromatic rings. The largest absolute Gasteiger partial charge is 0.384 e. The summed E-state index contributed by atoms with van der Waals surface area (Å²) < 4.78 is 5.31. The summed E-state index contributed by atoms with van der Waals surface area (Å²) in [5, 5.41) is 11.8. The molecule has 0 aliphatic carbocycles. The average Bonchev–Trinajstić information content (AvgIpc) is 2.71. The predicted octanol–water partition coefficient (Wildman–Crippen LogP) is 3.29. The van der Waals surface area contributed by atoms with E-state index < -0.39 is 5.41 Å². The Labute approximate surface area is 164 Å². The number of carbonyl (C=O) groups is 2. The summed E-state index contributed by atoms with van der Waals surface area (Å²) in [6, 6.07) is 16.0. The Morgan fingerprint density at radius 3 is 2.00 bits per heavy atom. The summed E-state index contributed by atoms with van der Waals surface area (Å²) in [5.41, 5.74) is 1.54. The maximum Gasteiger partial charge on any atom is 0.323 e. The normalized spacial score (nSPS) is 15.5. The van der Waals surface area contributed by atoms with Gasteiger partial charge in [-0.15, -0.1) is 0 Å². The number of amides is 3. The first-order valence-electron chi connectivity index (χ1n) is 9.35. The number of hydrogen-bond donors (Lipinski definition) is 4. The van der Waals surface area contributed by atoms with Crippen molar-refractivity contribution >= 4 is 29.0 Å². The lowest BCUT2D eigenvalue weighted by molar-refractivity contribution is -0.130. The average molecular weight is 382 g/mol. The van der Waals surface area contributed by atoms with Gasteiger partial charge in [0.2, 0.25) is 5.91 Å². The van der Waals surface area contributed by atoms with Crippen LogP contribution < -0.4 is 21.3 Å². The van der Waals surface area contributed by atoms with Crippen molar-refractivity contribution in [2.45, 2.75) is 12.8 Å². The molecule has 0 aromatic heterocycles. The van der Waals surface area contributed by atoms with E-state index in [2.05, 4.69) is 21.3 Å². The number of rotatable bonds is 6. The van der Waals surface area contributed by atoms with Gasteiger partial charge in [0.15, 0.2) is 0 Å². The maximum atomic E-state index is 12.8. The third kappa shape index (κ3) is 5.09. The summed E-state index contributed by atoms with van der Waals surface area (Å²) in [6.07, 6.45) is 1.48. The van der Waals surface area contributed by atoms with Crippen molar-refractivity contribution in [1.29, 1.82) is 0 Å². The van der Waals surface area contributed by atoms with E-state index in [4.69, 9.17) is 4.74 Å². The van der Waals surface area contributed by atoms with Crippen molar-refractivity contribution in [3.63, 3.8) is 0 Å². The van der Waals surface area contributed by atoms with Gasteiger partial charge < -0.3 is 26.0 Å². The Bertz CT molecular complexity index is 782. The van der Waals surface area contributed by atoms with Crippen LogP contribution in [0.15, 0.2) is 54.6 Å². The summed E-state index contributed by atoms with van der Waals surface area (Å²) in [6.45, 7) is 2.01. The number of hydrogen-bond acceptors (Lipinski definition) is 4.